The summed E-state index contributed by atoms with van der Waals surface area (Å²) in [6.07, 6.45) is 6.53. The SMILES string of the molecule is [B]1c2ccccc2Nc2cc(C3CCCCC3)cc(N(c3ccccc3)c3ccccc3-c3ccccc3)c21. The van der Waals surface area contributed by atoms with Crippen LogP contribution in [0.2, 0.25) is 0 Å². The van der Waals surface area contributed by atoms with Gasteiger partial charge in [-0.3, -0.25) is 0 Å². The van der Waals surface area contributed by atoms with Crippen molar-refractivity contribution in [2.75, 3.05) is 10.2 Å². The molecule has 189 valence electrons. The molecular weight excluding hydrogens is 471 g/mol. The number of hydrogen-bond acceptors (Lipinski definition) is 2. The fourth-order valence-corrected chi connectivity index (χ4v) is 6.32. The predicted molar refractivity (Wildman–Crippen MR) is 167 cm³/mol. The Morgan fingerprint density at radius 2 is 1.31 bits per heavy atom. The molecule has 1 N–H and O–H groups in total. The van der Waals surface area contributed by atoms with Crippen LogP contribution in [0.25, 0.3) is 11.1 Å². The van der Waals surface area contributed by atoms with Gasteiger partial charge in [-0.1, -0.05) is 110 Å². The van der Waals surface area contributed by atoms with Gasteiger partial charge in [-0.15, -0.1) is 0 Å². The molecule has 5 aromatic rings. The van der Waals surface area contributed by atoms with Crippen molar-refractivity contribution in [3.63, 3.8) is 0 Å². The largest absolute Gasteiger partial charge is 0.356 e. The maximum absolute atomic E-state index is 3.81. The third-order valence-electron chi connectivity index (χ3n) is 8.27. The van der Waals surface area contributed by atoms with Crippen molar-refractivity contribution in [2.24, 2.45) is 0 Å². The van der Waals surface area contributed by atoms with Crippen molar-refractivity contribution in [1.82, 2.24) is 0 Å². The zero-order chi connectivity index (χ0) is 26.0. The van der Waals surface area contributed by atoms with Crippen LogP contribution in [0.4, 0.5) is 28.4 Å². The first kappa shape index (κ1) is 23.9. The second kappa shape index (κ2) is 10.5. The summed E-state index contributed by atoms with van der Waals surface area (Å²) in [4.78, 5) is 2.47. The minimum absolute atomic E-state index is 0.601. The molecule has 0 bridgehead atoms. The Morgan fingerprint density at radius 3 is 2.13 bits per heavy atom. The summed E-state index contributed by atoms with van der Waals surface area (Å²) < 4.78 is 0. The van der Waals surface area contributed by atoms with Crippen molar-refractivity contribution >= 4 is 46.6 Å². The standard InChI is InChI=1S/C36H32BN2/c1-4-14-26(15-5-1)28-24-33-36(37-31-21-11-12-22-32(31)38-33)35(25-28)39(29-18-8-3-9-19-29)34-23-13-10-20-30(34)27-16-6-2-7-17-27/h2-3,6-13,16-26,38H,1,4-5,14-15H2. The Bertz CT molecular complexity index is 1590. The molecule has 5 aromatic carbocycles. The third-order valence-corrected chi connectivity index (χ3v) is 8.27. The van der Waals surface area contributed by atoms with Crippen molar-refractivity contribution in [3.05, 3.63) is 127 Å². The normalized spacial score (nSPS) is 14.5. The van der Waals surface area contributed by atoms with Crippen LogP contribution in [0, 0.1) is 0 Å². The average Bonchev–Trinajstić information content (AvgIpc) is 3.02. The maximum atomic E-state index is 3.81. The first-order valence-electron chi connectivity index (χ1n) is 14.2. The van der Waals surface area contributed by atoms with E-state index in [1.165, 1.54) is 82.5 Å². The Morgan fingerprint density at radius 1 is 0.615 bits per heavy atom. The molecule has 2 nitrogen and oxygen atoms in total. The number of rotatable bonds is 5. The minimum Gasteiger partial charge on any atom is -0.356 e. The summed E-state index contributed by atoms with van der Waals surface area (Å²) >= 11 is 0. The fraction of sp³-hybridized carbons (Fsp3) is 0.167. The lowest BCUT2D eigenvalue weighted by Gasteiger charge is -2.34. The summed E-state index contributed by atoms with van der Waals surface area (Å²) in [6, 6.07) is 43.9. The van der Waals surface area contributed by atoms with E-state index in [1.54, 1.807) is 0 Å². The number of fused-ring (bicyclic) bond motifs is 2. The van der Waals surface area contributed by atoms with Crippen molar-refractivity contribution in [1.29, 1.82) is 0 Å². The quantitative estimate of drug-likeness (QED) is 0.237. The third kappa shape index (κ3) is 4.63. The van der Waals surface area contributed by atoms with Crippen molar-refractivity contribution in [3.8, 4) is 11.1 Å². The highest BCUT2D eigenvalue weighted by Gasteiger charge is 2.27. The molecule has 0 aromatic heterocycles. The van der Waals surface area contributed by atoms with Crippen LogP contribution >= 0.6 is 0 Å². The summed E-state index contributed by atoms with van der Waals surface area (Å²) in [6.45, 7) is 0. The van der Waals surface area contributed by atoms with Gasteiger partial charge in [0.05, 0.1) is 5.69 Å². The van der Waals surface area contributed by atoms with Crippen LogP contribution in [0.5, 0.6) is 0 Å². The van der Waals surface area contributed by atoms with E-state index in [0.717, 1.165) is 5.69 Å². The van der Waals surface area contributed by atoms with Crippen LogP contribution < -0.4 is 21.1 Å². The maximum Gasteiger partial charge on any atom is 0.199 e. The van der Waals surface area contributed by atoms with E-state index >= 15 is 0 Å². The van der Waals surface area contributed by atoms with Gasteiger partial charge < -0.3 is 10.2 Å². The molecule has 2 aliphatic rings. The smallest absolute Gasteiger partial charge is 0.199 e. The van der Waals surface area contributed by atoms with Crippen molar-refractivity contribution < 1.29 is 0 Å². The van der Waals surface area contributed by atoms with E-state index in [4.69, 9.17) is 0 Å². The molecule has 0 atom stereocenters. The molecule has 1 fully saturated rings. The molecule has 1 radical (unpaired) electrons. The van der Waals surface area contributed by atoms with Crippen LogP contribution in [-0.2, 0) is 0 Å². The predicted octanol–water partition coefficient (Wildman–Crippen LogP) is 8.58. The molecule has 1 aliphatic heterocycles. The van der Waals surface area contributed by atoms with Crippen LogP contribution in [0.1, 0.15) is 43.6 Å². The van der Waals surface area contributed by atoms with E-state index < -0.39 is 0 Å². The lowest BCUT2D eigenvalue weighted by molar-refractivity contribution is 0.444. The molecule has 39 heavy (non-hydrogen) atoms. The number of nitrogens with zero attached hydrogens (tertiary/aromatic N) is 1. The van der Waals surface area contributed by atoms with Crippen LogP contribution in [-0.4, -0.2) is 7.28 Å². The summed E-state index contributed by atoms with van der Waals surface area (Å²) in [7, 11) is 2.36. The molecule has 0 saturated heterocycles. The summed E-state index contributed by atoms with van der Waals surface area (Å²) in [5.74, 6) is 0.601. The second-order valence-electron chi connectivity index (χ2n) is 10.7. The van der Waals surface area contributed by atoms with Crippen molar-refractivity contribution in [2.45, 2.75) is 38.0 Å². The van der Waals surface area contributed by atoms with Gasteiger partial charge in [0.1, 0.15) is 0 Å². The van der Waals surface area contributed by atoms with Crippen LogP contribution in [0.15, 0.2) is 121 Å². The molecule has 1 heterocycles. The zero-order valence-corrected chi connectivity index (χ0v) is 22.2. The van der Waals surface area contributed by atoms with E-state index in [2.05, 4.69) is 139 Å². The van der Waals surface area contributed by atoms with Crippen LogP contribution in [0.3, 0.4) is 0 Å². The molecule has 0 spiro atoms. The minimum atomic E-state index is 0.601. The van der Waals surface area contributed by atoms with E-state index in [0.29, 0.717) is 5.92 Å². The zero-order valence-electron chi connectivity index (χ0n) is 22.2. The van der Waals surface area contributed by atoms with Gasteiger partial charge in [-0.05, 0) is 71.7 Å². The van der Waals surface area contributed by atoms with Gasteiger partial charge in [0.25, 0.3) is 0 Å². The number of hydrogen-bond donors (Lipinski definition) is 1. The topological polar surface area (TPSA) is 15.3 Å². The van der Waals surface area contributed by atoms with Gasteiger partial charge in [-0.25, -0.2) is 0 Å². The molecule has 3 heteroatoms. The highest BCUT2D eigenvalue weighted by Crippen LogP contribution is 2.43. The second-order valence-corrected chi connectivity index (χ2v) is 10.7. The molecule has 7 rings (SSSR count). The lowest BCUT2D eigenvalue weighted by Crippen LogP contribution is -2.38. The van der Waals surface area contributed by atoms with Gasteiger partial charge >= 0.3 is 0 Å². The number of benzene rings is 5. The van der Waals surface area contributed by atoms with Gasteiger partial charge in [-0.2, -0.15) is 0 Å². The highest BCUT2D eigenvalue weighted by atomic mass is 15.1. The Kier molecular flexibility index (Phi) is 6.42. The number of para-hydroxylation sites is 3. The van der Waals surface area contributed by atoms with E-state index in [9.17, 15) is 0 Å². The molecular formula is C36H32BN2. The first-order chi connectivity index (χ1) is 19.3. The average molecular weight is 503 g/mol. The summed E-state index contributed by atoms with van der Waals surface area (Å²) in [5.41, 5.74) is 12.3. The first-order valence-corrected chi connectivity index (χ1v) is 14.2. The molecule has 1 saturated carbocycles. The fourth-order valence-electron chi connectivity index (χ4n) is 6.32. The van der Waals surface area contributed by atoms with E-state index in [-0.39, 0.29) is 0 Å². The number of anilines is 5. The molecule has 1 aliphatic carbocycles. The monoisotopic (exact) mass is 503 g/mol. The van der Waals surface area contributed by atoms with Gasteiger partial charge in [0, 0.05) is 28.3 Å². The molecule has 0 unspecified atom stereocenters. The Hall–Kier alpha value is -4.24. The van der Waals surface area contributed by atoms with E-state index in [1.807, 2.05) is 0 Å². The number of nitrogens with one attached hydrogen (secondary N) is 1. The lowest BCUT2D eigenvalue weighted by atomic mass is 9.59. The van der Waals surface area contributed by atoms with Gasteiger partial charge in [0.15, 0.2) is 7.28 Å². The summed E-state index contributed by atoms with van der Waals surface area (Å²) in [5, 5.41) is 3.81. The molecule has 0 amide bonds. The Labute approximate surface area is 232 Å². The highest BCUT2D eigenvalue weighted by molar-refractivity contribution is 6.73. The van der Waals surface area contributed by atoms with Gasteiger partial charge in [0.2, 0.25) is 0 Å². The Balaban J connectivity index is 1.47.